The van der Waals surface area contributed by atoms with Crippen molar-refractivity contribution in [2.75, 3.05) is 13.1 Å². The molecule has 10 nitrogen and oxygen atoms in total. The van der Waals surface area contributed by atoms with Crippen LogP contribution in [0.1, 0.15) is 82.1 Å². The van der Waals surface area contributed by atoms with Gasteiger partial charge in [0.1, 0.15) is 23.3 Å². The Labute approximate surface area is 216 Å². The predicted octanol–water partition coefficient (Wildman–Crippen LogP) is 3.65. The first-order valence-electron chi connectivity index (χ1n) is 12.6. The van der Waals surface area contributed by atoms with Gasteiger partial charge in [0, 0.05) is 13.1 Å². The van der Waals surface area contributed by atoms with Gasteiger partial charge < -0.3 is 30.7 Å². The molecule has 4 amide bonds. The van der Waals surface area contributed by atoms with Crippen molar-refractivity contribution in [3.05, 3.63) is 12.2 Å². The third-order valence-electron chi connectivity index (χ3n) is 4.63. The molecule has 10 heteroatoms. The van der Waals surface area contributed by atoms with Crippen LogP contribution >= 0.6 is 0 Å². The Bertz CT molecular complexity index is 689. The number of rotatable bonds is 12. The van der Waals surface area contributed by atoms with E-state index in [1.807, 2.05) is 39.8 Å². The number of ether oxygens (including phenoxy) is 2. The number of hydrogen-bond donors (Lipinski definition) is 4. The minimum absolute atomic E-state index is 0.101. The summed E-state index contributed by atoms with van der Waals surface area (Å²) in [6.07, 6.45) is 3.78. The lowest BCUT2D eigenvalue weighted by molar-refractivity contribution is -0.124. The molecule has 0 radical (unpaired) electrons. The smallest absolute Gasteiger partial charge is 0.408 e. The van der Waals surface area contributed by atoms with Crippen molar-refractivity contribution in [3.63, 3.8) is 0 Å². The fourth-order valence-electron chi connectivity index (χ4n) is 2.95. The first-order chi connectivity index (χ1) is 16.4. The molecule has 36 heavy (non-hydrogen) atoms. The molecule has 0 saturated carbocycles. The van der Waals surface area contributed by atoms with Gasteiger partial charge in [0.05, 0.1) is 0 Å². The highest BCUT2D eigenvalue weighted by Gasteiger charge is 2.27. The van der Waals surface area contributed by atoms with Crippen LogP contribution in [0.3, 0.4) is 0 Å². The normalized spacial score (nSPS) is 13.8. The molecule has 208 valence electrons. The molecule has 0 bridgehead atoms. The Morgan fingerprint density at radius 1 is 0.639 bits per heavy atom. The van der Waals surface area contributed by atoms with Gasteiger partial charge in [-0.1, -0.05) is 39.8 Å². The molecule has 0 aliphatic carbocycles. The number of carbonyl (C=O) groups is 4. The van der Waals surface area contributed by atoms with Crippen LogP contribution in [0.5, 0.6) is 0 Å². The highest BCUT2D eigenvalue weighted by atomic mass is 16.6. The standard InChI is InChI=1S/C26H48N4O6/c1-17(2)19(29-23(33)35-25(5,6)7)21(31)27-15-13-11-12-14-16-28-22(32)20(18(3)4)30-24(34)36-26(8,9)10/h11-12,17-20H,13-16H2,1-10H3,(H,27,31)(H,28,32)(H,29,33)(H,30,34)/t19-,20-/m0/s1. The summed E-state index contributed by atoms with van der Waals surface area (Å²) >= 11 is 0. The number of nitrogens with one attached hydrogen (secondary N) is 4. The summed E-state index contributed by atoms with van der Waals surface area (Å²) in [7, 11) is 0. The summed E-state index contributed by atoms with van der Waals surface area (Å²) in [5.41, 5.74) is -1.28. The molecule has 0 saturated heterocycles. The van der Waals surface area contributed by atoms with Crippen molar-refractivity contribution in [2.24, 2.45) is 11.8 Å². The molecule has 4 N–H and O–H groups in total. The topological polar surface area (TPSA) is 135 Å². The molecule has 0 aromatic heterocycles. The van der Waals surface area contributed by atoms with E-state index in [1.165, 1.54) is 0 Å². The SMILES string of the molecule is CC(C)[C@H](NC(=O)OC(C)(C)C)C(=O)NCCC=CCCNC(=O)[C@@H](NC(=O)OC(C)(C)C)C(C)C. The van der Waals surface area contributed by atoms with E-state index < -0.39 is 35.5 Å². The molecule has 0 heterocycles. The van der Waals surface area contributed by atoms with Gasteiger partial charge in [-0.2, -0.15) is 0 Å². The fourth-order valence-corrected chi connectivity index (χ4v) is 2.95. The maximum atomic E-state index is 12.5. The second kappa shape index (κ2) is 15.4. The van der Waals surface area contributed by atoms with Crippen molar-refractivity contribution in [2.45, 2.75) is 105 Å². The van der Waals surface area contributed by atoms with Crippen LogP contribution in [0.25, 0.3) is 0 Å². The Kier molecular flexibility index (Phi) is 14.2. The molecule has 2 atom stereocenters. The first-order valence-corrected chi connectivity index (χ1v) is 12.6. The number of hydrogen-bond acceptors (Lipinski definition) is 6. The Morgan fingerprint density at radius 2 is 0.944 bits per heavy atom. The maximum absolute atomic E-state index is 12.5. The van der Waals surface area contributed by atoms with Gasteiger partial charge >= 0.3 is 12.2 Å². The van der Waals surface area contributed by atoms with E-state index in [9.17, 15) is 19.2 Å². The summed E-state index contributed by atoms with van der Waals surface area (Å²) in [5, 5.41) is 10.9. The fraction of sp³-hybridized carbons (Fsp3) is 0.769. The van der Waals surface area contributed by atoms with Gasteiger partial charge in [-0.3, -0.25) is 9.59 Å². The van der Waals surface area contributed by atoms with Crippen LogP contribution < -0.4 is 21.3 Å². The van der Waals surface area contributed by atoms with Gasteiger partial charge in [-0.25, -0.2) is 9.59 Å². The molecule has 0 aliphatic heterocycles. The molecule has 0 rings (SSSR count). The Hall–Kier alpha value is -2.78. The molecule has 0 unspecified atom stereocenters. The summed E-state index contributed by atoms with van der Waals surface area (Å²) < 4.78 is 10.5. The van der Waals surface area contributed by atoms with Gasteiger partial charge in [-0.15, -0.1) is 0 Å². The van der Waals surface area contributed by atoms with Gasteiger partial charge in [0.2, 0.25) is 11.8 Å². The van der Waals surface area contributed by atoms with Crippen molar-refractivity contribution < 1.29 is 28.7 Å². The molecule has 0 aromatic carbocycles. The summed E-state index contributed by atoms with van der Waals surface area (Å²) in [4.78, 5) is 49.0. The Balaban J connectivity index is 4.40. The average Bonchev–Trinajstić information content (AvgIpc) is 2.68. The minimum Gasteiger partial charge on any atom is -0.444 e. The highest BCUT2D eigenvalue weighted by Crippen LogP contribution is 2.10. The molecule has 0 fully saturated rings. The molecule has 0 aromatic rings. The van der Waals surface area contributed by atoms with Gasteiger partial charge in [-0.05, 0) is 66.2 Å². The van der Waals surface area contributed by atoms with E-state index in [-0.39, 0.29) is 23.7 Å². The van der Waals surface area contributed by atoms with Crippen LogP contribution in [-0.4, -0.2) is 60.4 Å². The minimum atomic E-state index is -0.692. The largest absolute Gasteiger partial charge is 0.444 e. The summed E-state index contributed by atoms with van der Waals surface area (Å²) in [5.74, 6) is -0.741. The number of alkyl carbamates (subject to hydrolysis) is 2. The number of amides is 4. The van der Waals surface area contributed by atoms with Crippen molar-refractivity contribution in [1.82, 2.24) is 21.3 Å². The van der Waals surface area contributed by atoms with Crippen LogP contribution in [0.2, 0.25) is 0 Å². The van der Waals surface area contributed by atoms with E-state index in [4.69, 9.17) is 9.47 Å². The predicted molar refractivity (Wildman–Crippen MR) is 140 cm³/mol. The number of carbonyl (C=O) groups excluding carboxylic acids is 4. The summed E-state index contributed by atoms with van der Waals surface area (Å²) in [6, 6.07) is -1.38. The lowest BCUT2D eigenvalue weighted by Gasteiger charge is -2.25. The van der Waals surface area contributed by atoms with Crippen LogP contribution in [-0.2, 0) is 19.1 Å². The maximum Gasteiger partial charge on any atom is 0.408 e. The van der Waals surface area contributed by atoms with Gasteiger partial charge in [0.25, 0.3) is 0 Å². The van der Waals surface area contributed by atoms with Crippen LogP contribution in [0.4, 0.5) is 9.59 Å². The lowest BCUT2D eigenvalue weighted by Crippen LogP contribution is -2.51. The van der Waals surface area contributed by atoms with E-state index in [1.54, 1.807) is 41.5 Å². The van der Waals surface area contributed by atoms with Crippen LogP contribution in [0.15, 0.2) is 12.2 Å². The van der Waals surface area contributed by atoms with Crippen molar-refractivity contribution in [1.29, 1.82) is 0 Å². The molecular weight excluding hydrogens is 464 g/mol. The van der Waals surface area contributed by atoms with E-state index in [0.717, 1.165) is 0 Å². The van der Waals surface area contributed by atoms with Crippen molar-refractivity contribution >= 4 is 24.0 Å². The zero-order chi connectivity index (χ0) is 28.1. The van der Waals surface area contributed by atoms with E-state index in [0.29, 0.717) is 25.9 Å². The monoisotopic (exact) mass is 512 g/mol. The quantitative estimate of drug-likeness (QED) is 0.233. The lowest BCUT2D eigenvalue weighted by atomic mass is 10.0. The average molecular weight is 513 g/mol. The van der Waals surface area contributed by atoms with E-state index in [2.05, 4.69) is 21.3 Å². The Morgan fingerprint density at radius 3 is 1.19 bits per heavy atom. The zero-order valence-corrected chi connectivity index (χ0v) is 23.7. The third-order valence-corrected chi connectivity index (χ3v) is 4.63. The van der Waals surface area contributed by atoms with E-state index >= 15 is 0 Å². The second-order valence-electron chi connectivity index (χ2n) is 11.4. The molecule has 0 spiro atoms. The molecule has 0 aliphatic rings. The highest BCUT2D eigenvalue weighted by molar-refractivity contribution is 5.86. The summed E-state index contributed by atoms with van der Waals surface area (Å²) in [6.45, 7) is 18.8. The first kappa shape index (κ1) is 33.2. The van der Waals surface area contributed by atoms with Crippen LogP contribution in [0, 0.1) is 11.8 Å². The zero-order valence-electron chi connectivity index (χ0n) is 23.7. The molecular formula is C26H48N4O6. The van der Waals surface area contributed by atoms with Gasteiger partial charge in [0.15, 0.2) is 0 Å². The second-order valence-corrected chi connectivity index (χ2v) is 11.4. The van der Waals surface area contributed by atoms with Crippen molar-refractivity contribution in [3.8, 4) is 0 Å². The third kappa shape index (κ3) is 16.0.